The molecule has 1 heterocycles. The van der Waals surface area contributed by atoms with Crippen molar-refractivity contribution in [3.8, 4) is 11.9 Å². The molecule has 0 unspecified atom stereocenters. The van der Waals surface area contributed by atoms with Gasteiger partial charge in [0.15, 0.2) is 5.88 Å². The first-order valence-corrected chi connectivity index (χ1v) is 2.49. The van der Waals surface area contributed by atoms with Gasteiger partial charge in [0.25, 0.3) is 0 Å². The SMILES string of the molecule is Cn1cc(C#N)cc1O. The van der Waals surface area contributed by atoms with E-state index in [1.807, 2.05) is 6.07 Å². The Balaban J connectivity index is 3.16. The molecule has 1 aromatic rings. The van der Waals surface area contributed by atoms with Crippen LogP contribution in [0.3, 0.4) is 0 Å². The lowest BCUT2D eigenvalue weighted by molar-refractivity contribution is 0.432. The van der Waals surface area contributed by atoms with Gasteiger partial charge in [0.2, 0.25) is 0 Å². The van der Waals surface area contributed by atoms with Gasteiger partial charge in [0.1, 0.15) is 6.07 Å². The van der Waals surface area contributed by atoms with Crippen LogP contribution in [0.25, 0.3) is 0 Å². The number of aromatic hydroxyl groups is 1. The number of rotatable bonds is 0. The lowest BCUT2D eigenvalue weighted by Crippen LogP contribution is -1.80. The van der Waals surface area contributed by atoms with Crippen LogP contribution in [0.1, 0.15) is 5.56 Å². The van der Waals surface area contributed by atoms with E-state index in [1.54, 1.807) is 13.2 Å². The molecule has 0 radical (unpaired) electrons. The Morgan fingerprint density at radius 1 is 1.78 bits per heavy atom. The Hall–Kier alpha value is -1.43. The van der Waals surface area contributed by atoms with E-state index in [0.717, 1.165) is 0 Å². The Morgan fingerprint density at radius 2 is 2.44 bits per heavy atom. The van der Waals surface area contributed by atoms with Crippen LogP contribution in [-0.2, 0) is 7.05 Å². The van der Waals surface area contributed by atoms with Gasteiger partial charge in [-0.3, -0.25) is 0 Å². The highest BCUT2D eigenvalue weighted by molar-refractivity contribution is 5.32. The lowest BCUT2D eigenvalue weighted by atomic mass is 10.4. The van der Waals surface area contributed by atoms with Gasteiger partial charge in [-0.15, -0.1) is 0 Å². The van der Waals surface area contributed by atoms with Crippen LogP contribution in [0.4, 0.5) is 0 Å². The van der Waals surface area contributed by atoms with E-state index in [4.69, 9.17) is 10.4 Å². The predicted octanol–water partition coefficient (Wildman–Crippen LogP) is 0.602. The molecule has 0 atom stereocenters. The molecule has 0 aliphatic carbocycles. The molecule has 0 aromatic carbocycles. The highest BCUT2D eigenvalue weighted by Crippen LogP contribution is 2.10. The maximum atomic E-state index is 8.88. The fourth-order valence-electron chi connectivity index (χ4n) is 0.614. The monoisotopic (exact) mass is 122 g/mol. The number of aryl methyl sites for hydroxylation is 1. The van der Waals surface area contributed by atoms with Crippen LogP contribution in [0, 0.1) is 11.3 Å². The minimum atomic E-state index is 0.117. The average molecular weight is 122 g/mol. The number of hydrogen-bond donors (Lipinski definition) is 1. The largest absolute Gasteiger partial charge is 0.494 e. The molecule has 0 aliphatic rings. The standard InChI is InChI=1S/C6H6N2O/c1-8-4-5(3-7)2-6(8)9/h2,4,9H,1H3. The van der Waals surface area contributed by atoms with Crippen molar-refractivity contribution in [2.24, 2.45) is 7.05 Å². The molecule has 0 bridgehead atoms. The van der Waals surface area contributed by atoms with Crippen molar-refractivity contribution in [1.82, 2.24) is 4.57 Å². The molecular weight excluding hydrogens is 116 g/mol. The lowest BCUT2D eigenvalue weighted by Gasteiger charge is -1.88. The van der Waals surface area contributed by atoms with Gasteiger partial charge in [-0.25, -0.2) is 0 Å². The summed E-state index contributed by atoms with van der Waals surface area (Å²) in [6.45, 7) is 0. The molecule has 46 valence electrons. The van der Waals surface area contributed by atoms with Gasteiger partial charge in [-0.2, -0.15) is 5.26 Å². The first-order valence-electron chi connectivity index (χ1n) is 2.49. The zero-order valence-electron chi connectivity index (χ0n) is 5.00. The Kier molecular flexibility index (Phi) is 1.16. The van der Waals surface area contributed by atoms with E-state index < -0.39 is 0 Å². The Bertz CT molecular complexity index is 237. The molecule has 0 spiro atoms. The van der Waals surface area contributed by atoms with E-state index >= 15 is 0 Å². The first kappa shape index (κ1) is 5.70. The van der Waals surface area contributed by atoms with Gasteiger partial charge in [-0.1, -0.05) is 0 Å². The molecule has 1 N–H and O–H groups in total. The Morgan fingerprint density at radius 3 is 2.67 bits per heavy atom. The number of nitrogens with zero attached hydrogens (tertiary/aromatic N) is 2. The average Bonchev–Trinajstić information content (AvgIpc) is 2.13. The zero-order chi connectivity index (χ0) is 6.85. The molecule has 1 rings (SSSR count). The minimum absolute atomic E-state index is 0.117. The molecular formula is C6H6N2O. The summed E-state index contributed by atoms with van der Waals surface area (Å²) in [5, 5.41) is 17.2. The molecule has 0 amide bonds. The van der Waals surface area contributed by atoms with Crippen LogP contribution in [-0.4, -0.2) is 9.67 Å². The van der Waals surface area contributed by atoms with E-state index in [0.29, 0.717) is 5.56 Å². The van der Waals surface area contributed by atoms with Crippen molar-refractivity contribution in [2.75, 3.05) is 0 Å². The van der Waals surface area contributed by atoms with Crippen molar-refractivity contribution >= 4 is 0 Å². The molecule has 0 aliphatic heterocycles. The van der Waals surface area contributed by atoms with Gasteiger partial charge < -0.3 is 9.67 Å². The summed E-state index contributed by atoms with van der Waals surface area (Å²) in [5.41, 5.74) is 0.481. The van der Waals surface area contributed by atoms with Gasteiger partial charge >= 0.3 is 0 Å². The van der Waals surface area contributed by atoms with E-state index in [2.05, 4.69) is 0 Å². The number of hydrogen-bond acceptors (Lipinski definition) is 2. The second-order valence-electron chi connectivity index (χ2n) is 1.81. The quantitative estimate of drug-likeness (QED) is 0.547. The highest BCUT2D eigenvalue weighted by Gasteiger charge is 1.97. The summed E-state index contributed by atoms with van der Waals surface area (Å²) in [4.78, 5) is 0. The molecule has 1 aromatic heterocycles. The molecule has 0 saturated heterocycles. The molecule has 0 fully saturated rings. The normalized spacial score (nSPS) is 8.89. The second kappa shape index (κ2) is 1.82. The molecule has 0 saturated carbocycles. The van der Waals surface area contributed by atoms with Crippen molar-refractivity contribution in [3.63, 3.8) is 0 Å². The Labute approximate surface area is 52.8 Å². The highest BCUT2D eigenvalue weighted by atomic mass is 16.3. The molecule has 3 nitrogen and oxygen atoms in total. The fraction of sp³-hybridized carbons (Fsp3) is 0.167. The van der Waals surface area contributed by atoms with Gasteiger partial charge in [-0.05, 0) is 0 Å². The number of nitriles is 1. The first-order chi connectivity index (χ1) is 4.24. The van der Waals surface area contributed by atoms with E-state index in [9.17, 15) is 0 Å². The molecule has 9 heavy (non-hydrogen) atoms. The third-order valence-electron chi connectivity index (χ3n) is 1.11. The minimum Gasteiger partial charge on any atom is -0.494 e. The maximum Gasteiger partial charge on any atom is 0.191 e. The predicted molar refractivity (Wildman–Crippen MR) is 31.8 cm³/mol. The molecule has 3 heteroatoms. The van der Waals surface area contributed by atoms with Gasteiger partial charge in [0, 0.05) is 19.3 Å². The van der Waals surface area contributed by atoms with Gasteiger partial charge in [0.05, 0.1) is 5.56 Å². The van der Waals surface area contributed by atoms with E-state index in [-0.39, 0.29) is 5.88 Å². The van der Waals surface area contributed by atoms with Crippen molar-refractivity contribution < 1.29 is 5.11 Å². The summed E-state index contributed by atoms with van der Waals surface area (Å²) in [6.07, 6.45) is 1.56. The smallest absolute Gasteiger partial charge is 0.191 e. The summed E-state index contributed by atoms with van der Waals surface area (Å²) < 4.78 is 1.48. The fourth-order valence-corrected chi connectivity index (χ4v) is 0.614. The summed E-state index contributed by atoms with van der Waals surface area (Å²) in [6, 6.07) is 3.32. The third kappa shape index (κ3) is 0.868. The summed E-state index contributed by atoms with van der Waals surface area (Å²) in [7, 11) is 1.68. The van der Waals surface area contributed by atoms with Crippen LogP contribution < -0.4 is 0 Å². The van der Waals surface area contributed by atoms with Crippen LogP contribution in [0.15, 0.2) is 12.3 Å². The van der Waals surface area contributed by atoms with E-state index in [1.165, 1.54) is 10.6 Å². The van der Waals surface area contributed by atoms with Crippen LogP contribution >= 0.6 is 0 Å². The van der Waals surface area contributed by atoms with Crippen LogP contribution in [0.5, 0.6) is 5.88 Å². The summed E-state index contributed by atoms with van der Waals surface area (Å²) in [5.74, 6) is 0.117. The van der Waals surface area contributed by atoms with Crippen LogP contribution in [0.2, 0.25) is 0 Å². The van der Waals surface area contributed by atoms with Crippen molar-refractivity contribution in [2.45, 2.75) is 0 Å². The number of aromatic nitrogens is 1. The van der Waals surface area contributed by atoms with Crippen molar-refractivity contribution in [3.05, 3.63) is 17.8 Å². The third-order valence-corrected chi connectivity index (χ3v) is 1.11. The maximum absolute atomic E-state index is 8.88. The summed E-state index contributed by atoms with van der Waals surface area (Å²) >= 11 is 0. The zero-order valence-corrected chi connectivity index (χ0v) is 5.00. The van der Waals surface area contributed by atoms with Crippen molar-refractivity contribution in [1.29, 1.82) is 5.26 Å². The second-order valence-corrected chi connectivity index (χ2v) is 1.81. The topological polar surface area (TPSA) is 49.0 Å².